The minimum Gasteiger partial charge on any atom is -0.474 e. The summed E-state index contributed by atoms with van der Waals surface area (Å²) in [5.41, 5.74) is -0.227. The largest absolute Gasteiger partial charge is 0.474 e. The van der Waals surface area contributed by atoms with E-state index in [-0.39, 0.29) is 17.1 Å². The van der Waals surface area contributed by atoms with E-state index in [0.29, 0.717) is 0 Å². The number of nitro groups is 1. The van der Waals surface area contributed by atoms with Gasteiger partial charge in [0.25, 0.3) is 0 Å². The first-order valence-corrected chi connectivity index (χ1v) is 4.52. The van der Waals surface area contributed by atoms with E-state index in [1.807, 2.05) is 0 Å². The van der Waals surface area contributed by atoms with E-state index in [1.54, 1.807) is 0 Å². The average molecular weight is 242 g/mol. The monoisotopic (exact) mass is 242 g/mol. The number of methoxy groups -OCH3 is 1. The first-order valence-electron chi connectivity index (χ1n) is 4.52. The molecule has 0 fully saturated rings. The second-order valence-corrected chi connectivity index (χ2v) is 2.92. The molecule has 0 aliphatic rings. The summed E-state index contributed by atoms with van der Waals surface area (Å²) in [6.45, 7) is -0.865. The van der Waals surface area contributed by atoms with E-state index in [1.165, 1.54) is 7.11 Å². The maximum Gasteiger partial charge on any atom is 0.343 e. The molecule has 0 radical (unpaired) electrons. The normalized spacial score (nSPS) is 9.76. The predicted molar refractivity (Wildman–Crippen MR) is 54.3 cm³/mol. The number of aliphatic hydroxyl groups is 1. The molecule has 0 amide bonds. The van der Waals surface area contributed by atoms with Gasteiger partial charge in [-0.25, -0.2) is 4.79 Å². The summed E-state index contributed by atoms with van der Waals surface area (Å²) in [6.07, 6.45) is 1.08. The van der Waals surface area contributed by atoms with Crippen LogP contribution in [0.5, 0.6) is 5.75 Å². The smallest absolute Gasteiger partial charge is 0.343 e. The highest BCUT2D eigenvalue weighted by Gasteiger charge is 2.18. The van der Waals surface area contributed by atoms with Crippen molar-refractivity contribution in [1.29, 1.82) is 0 Å². The molecule has 0 atom stereocenters. The Morgan fingerprint density at radius 3 is 2.88 bits per heavy atom. The molecular formula is C9H10N2O6. The SMILES string of the molecule is COC(=O)COc1cnc(CO)cc1[N+](=O)[O-]. The fourth-order valence-electron chi connectivity index (χ4n) is 1.01. The van der Waals surface area contributed by atoms with Gasteiger partial charge in [0.1, 0.15) is 0 Å². The van der Waals surface area contributed by atoms with Crippen LogP contribution in [-0.4, -0.2) is 34.7 Å². The first-order chi connectivity index (χ1) is 8.08. The van der Waals surface area contributed by atoms with Crippen molar-refractivity contribution < 1.29 is 24.3 Å². The van der Waals surface area contributed by atoms with Gasteiger partial charge < -0.3 is 14.6 Å². The lowest BCUT2D eigenvalue weighted by Crippen LogP contribution is -2.13. The molecule has 8 nitrogen and oxygen atoms in total. The van der Waals surface area contributed by atoms with Gasteiger partial charge in [0.2, 0.25) is 5.75 Å². The lowest BCUT2D eigenvalue weighted by Gasteiger charge is -2.05. The molecule has 92 valence electrons. The van der Waals surface area contributed by atoms with E-state index < -0.39 is 24.1 Å². The lowest BCUT2D eigenvalue weighted by atomic mass is 10.3. The van der Waals surface area contributed by atoms with Crippen molar-refractivity contribution >= 4 is 11.7 Å². The van der Waals surface area contributed by atoms with Crippen LogP contribution in [0.1, 0.15) is 5.69 Å². The Morgan fingerprint density at radius 2 is 2.35 bits per heavy atom. The molecule has 0 aliphatic heterocycles. The molecule has 0 saturated heterocycles. The molecule has 0 aromatic carbocycles. The van der Waals surface area contributed by atoms with Crippen LogP contribution in [0.25, 0.3) is 0 Å². The minimum atomic E-state index is -0.687. The number of hydrogen-bond donors (Lipinski definition) is 1. The van der Waals surface area contributed by atoms with Gasteiger partial charge in [-0.1, -0.05) is 0 Å². The molecule has 1 rings (SSSR count). The topological polar surface area (TPSA) is 112 Å². The number of pyridine rings is 1. The minimum absolute atomic E-state index is 0.141. The summed E-state index contributed by atoms with van der Waals surface area (Å²) in [6, 6.07) is 1.08. The number of esters is 1. The zero-order valence-corrected chi connectivity index (χ0v) is 8.95. The van der Waals surface area contributed by atoms with Crippen molar-refractivity contribution in [1.82, 2.24) is 4.98 Å². The average Bonchev–Trinajstić information content (AvgIpc) is 2.35. The van der Waals surface area contributed by atoms with Gasteiger partial charge in [0.15, 0.2) is 6.61 Å². The third-order valence-electron chi connectivity index (χ3n) is 1.84. The highest BCUT2D eigenvalue weighted by molar-refractivity contribution is 5.71. The number of rotatable bonds is 5. The highest BCUT2D eigenvalue weighted by atomic mass is 16.6. The molecule has 0 spiro atoms. The van der Waals surface area contributed by atoms with Crippen LogP contribution in [0.4, 0.5) is 5.69 Å². The standard InChI is InChI=1S/C9H10N2O6/c1-16-9(13)5-17-8-3-10-6(4-12)2-7(8)11(14)15/h2-3,12H,4-5H2,1H3. The maximum atomic E-state index is 10.8. The molecule has 8 heteroatoms. The Morgan fingerprint density at radius 1 is 1.65 bits per heavy atom. The Kier molecular flexibility index (Phi) is 4.35. The second-order valence-electron chi connectivity index (χ2n) is 2.92. The van der Waals surface area contributed by atoms with E-state index in [4.69, 9.17) is 9.84 Å². The third-order valence-corrected chi connectivity index (χ3v) is 1.84. The molecule has 1 aromatic rings. The summed E-state index contributed by atoms with van der Waals surface area (Å²) in [7, 11) is 1.17. The fraction of sp³-hybridized carbons (Fsp3) is 0.333. The fourth-order valence-corrected chi connectivity index (χ4v) is 1.01. The van der Waals surface area contributed by atoms with Crippen molar-refractivity contribution in [3.05, 3.63) is 28.1 Å². The van der Waals surface area contributed by atoms with Gasteiger partial charge >= 0.3 is 11.7 Å². The van der Waals surface area contributed by atoms with Crippen LogP contribution in [0.3, 0.4) is 0 Å². The Hall–Kier alpha value is -2.22. The van der Waals surface area contributed by atoms with Gasteiger partial charge in [-0.05, 0) is 0 Å². The summed E-state index contributed by atoms with van der Waals surface area (Å²) in [4.78, 5) is 24.5. The number of carbonyl (C=O) groups excluding carboxylic acids is 1. The molecule has 0 unspecified atom stereocenters. The predicted octanol–water partition coefficient (Wildman–Crippen LogP) is 0.0339. The number of hydrogen-bond acceptors (Lipinski definition) is 7. The molecule has 0 bridgehead atoms. The van der Waals surface area contributed by atoms with Crippen molar-refractivity contribution in [3.8, 4) is 5.75 Å². The Balaban J connectivity index is 2.90. The van der Waals surface area contributed by atoms with Gasteiger partial charge in [0, 0.05) is 6.07 Å². The van der Waals surface area contributed by atoms with Crippen LogP contribution in [0.15, 0.2) is 12.3 Å². The van der Waals surface area contributed by atoms with Gasteiger partial charge in [-0.3, -0.25) is 15.1 Å². The first kappa shape index (κ1) is 12.8. The van der Waals surface area contributed by atoms with Gasteiger partial charge in [-0.15, -0.1) is 0 Å². The van der Waals surface area contributed by atoms with E-state index in [2.05, 4.69) is 9.72 Å². The van der Waals surface area contributed by atoms with Gasteiger partial charge in [-0.2, -0.15) is 0 Å². The quantitative estimate of drug-likeness (QED) is 0.440. The van der Waals surface area contributed by atoms with Crippen molar-refractivity contribution in [3.63, 3.8) is 0 Å². The lowest BCUT2D eigenvalue weighted by molar-refractivity contribution is -0.386. The van der Waals surface area contributed by atoms with E-state index in [9.17, 15) is 14.9 Å². The van der Waals surface area contributed by atoms with Crippen LogP contribution in [0, 0.1) is 10.1 Å². The van der Waals surface area contributed by atoms with Crippen LogP contribution < -0.4 is 4.74 Å². The molecule has 1 N–H and O–H groups in total. The number of ether oxygens (including phenoxy) is 2. The zero-order chi connectivity index (χ0) is 12.8. The van der Waals surface area contributed by atoms with E-state index in [0.717, 1.165) is 12.3 Å². The third kappa shape index (κ3) is 3.38. The highest BCUT2D eigenvalue weighted by Crippen LogP contribution is 2.26. The molecule has 17 heavy (non-hydrogen) atoms. The van der Waals surface area contributed by atoms with Crippen molar-refractivity contribution in [2.45, 2.75) is 6.61 Å². The Labute approximate surface area is 95.9 Å². The molecule has 1 aromatic heterocycles. The van der Waals surface area contributed by atoms with Crippen molar-refractivity contribution in [2.24, 2.45) is 0 Å². The van der Waals surface area contributed by atoms with E-state index >= 15 is 0 Å². The number of nitrogens with zero attached hydrogens (tertiary/aromatic N) is 2. The van der Waals surface area contributed by atoms with Crippen LogP contribution >= 0.6 is 0 Å². The van der Waals surface area contributed by atoms with Crippen LogP contribution in [0.2, 0.25) is 0 Å². The zero-order valence-electron chi connectivity index (χ0n) is 8.95. The molecule has 0 saturated carbocycles. The molecule has 0 aliphatic carbocycles. The summed E-state index contributed by atoms with van der Waals surface area (Å²) in [5, 5.41) is 19.5. The Bertz CT molecular complexity index is 433. The number of carbonyl (C=O) groups is 1. The number of aliphatic hydroxyl groups excluding tert-OH is 1. The van der Waals surface area contributed by atoms with Crippen LogP contribution in [-0.2, 0) is 16.1 Å². The summed E-state index contributed by atoms with van der Waals surface area (Å²) < 4.78 is 9.21. The summed E-state index contributed by atoms with van der Waals surface area (Å²) >= 11 is 0. The summed E-state index contributed by atoms with van der Waals surface area (Å²) in [5.74, 6) is -0.817. The molecular weight excluding hydrogens is 232 g/mol. The van der Waals surface area contributed by atoms with Gasteiger partial charge in [0.05, 0.1) is 30.5 Å². The maximum absolute atomic E-state index is 10.8. The number of aromatic nitrogens is 1. The second kappa shape index (κ2) is 5.75. The van der Waals surface area contributed by atoms with Crippen molar-refractivity contribution in [2.75, 3.05) is 13.7 Å². The molecule has 1 heterocycles.